The van der Waals surface area contributed by atoms with Gasteiger partial charge >= 0.3 is 6.09 Å². The molecule has 7 rings (SSSR count). The number of hydrogen-bond donors (Lipinski definition) is 0. The fraction of sp³-hybridized carbons (Fsp3) is 0.800. The van der Waals surface area contributed by atoms with Crippen molar-refractivity contribution in [1.29, 1.82) is 0 Å². The highest BCUT2D eigenvalue weighted by Gasteiger charge is 2.64. The van der Waals surface area contributed by atoms with Gasteiger partial charge in [0.2, 0.25) is 17.5 Å². The van der Waals surface area contributed by atoms with E-state index < -0.39 is 34.0 Å². The van der Waals surface area contributed by atoms with Crippen molar-refractivity contribution >= 4 is 35.1 Å². The summed E-state index contributed by atoms with van der Waals surface area (Å²) in [5, 5.41) is 0.235. The first-order valence-corrected chi connectivity index (χ1v) is 18.3. The number of likely N-dealkylation sites (N-methyl/N-ethyl adjacent to an activating group) is 1. The number of likely N-dealkylation sites (tertiary alicyclic amines) is 1. The average molecular weight is 688 g/mol. The molecule has 3 aliphatic heterocycles. The van der Waals surface area contributed by atoms with E-state index in [1.807, 2.05) is 30.6 Å². The van der Waals surface area contributed by atoms with Crippen molar-refractivity contribution in [3.63, 3.8) is 0 Å². The fourth-order valence-electron chi connectivity index (χ4n) is 8.85. The highest BCUT2D eigenvalue weighted by Crippen LogP contribution is 2.56. The molecule has 1 unspecified atom stereocenters. The second-order valence-electron chi connectivity index (χ2n) is 15.8. The van der Waals surface area contributed by atoms with Crippen LogP contribution in [0.3, 0.4) is 0 Å². The molecule has 0 aromatic carbocycles. The summed E-state index contributed by atoms with van der Waals surface area (Å²) in [4.78, 5) is 57.6. The van der Waals surface area contributed by atoms with E-state index in [4.69, 9.17) is 35.5 Å². The van der Waals surface area contributed by atoms with Crippen molar-refractivity contribution in [3.05, 3.63) is 10.8 Å². The SMILES string of the molecule is CN1CCC[C@H]1COc1nc(C(=O)C2CCC[C@@]3(CCCCC34OCCO4)C2=O)nc(N2CCN(C(=O)OC(C)(C)C)C3(CC3)C2)c1Cl. The van der Waals surface area contributed by atoms with Crippen molar-refractivity contribution < 1.29 is 33.3 Å². The highest BCUT2D eigenvalue weighted by molar-refractivity contribution is 6.34. The molecule has 3 saturated carbocycles. The summed E-state index contributed by atoms with van der Waals surface area (Å²) >= 11 is 7.03. The summed E-state index contributed by atoms with van der Waals surface area (Å²) in [5.41, 5.74) is -1.84. The number of piperazine rings is 1. The number of amides is 1. The Labute approximate surface area is 288 Å². The van der Waals surface area contributed by atoms with Crippen LogP contribution in [0.15, 0.2) is 0 Å². The summed E-state index contributed by atoms with van der Waals surface area (Å²) in [6, 6.07) is 0.208. The Bertz CT molecular complexity index is 1440. The van der Waals surface area contributed by atoms with Crippen molar-refractivity contribution in [2.24, 2.45) is 11.3 Å². The molecule has 3 atom stereocenters. The van der Waals surface area contributed by atoms with Gasteiger partial charge in [-0.25, -0.2) is 9.78 Å². The number of aromatic nitrogens is 2. The lowest BCUT2D eigenvalue weighted by molar-refractivity contribution is -0.255. The Kier molecular flexibility index (Phi) is 8.95. The third-order valence-electron chi connectivity index (χ3n) is 11.5. The van der Waals surface area contributed by atoms with E-state index in [9.17, 15) is 14.4 Å². The fourth-order valence-corrected chi connectivity index (χ4v) is 9.10. The Hall–Kier alpha value is -2.54. The molecule has 6 aliphatic rings. The summed E-state index contributed by atoms with van der Waals surface area (Å²) in [7, 11) is 2.07. The molecule has 3 aliphatic carbocycles. The normalized spacial score (nSPS) is 30.0. The van der Waals surface area contributed by atoms with Crippen LogP contribution in [0.2, 0.25) is 5.02 Å². The number of Topliss-reactive ketones (excluding diaryl/α,β-unsaturated/α-hetero) is 2. The molecule has 13 heteroatoms. The van der Waals surface area contributed by atoms with Gasteiger partial charge in [0, 0.05) is 32.1 Å². The maximum absolute atomic E-state index is 14.5. The number of ketones is 2. The molecule has 0 bridgehead atoms. The minimum atomic E-state index is -0.957. The monoisotopic (exact) mass is 687 g/mol. The molecule has 1 amide bonds. The maximum atomic E-state index is 14.5. The Morgan fingerprint density at radius 1 is 0.958 bits per heavy atom. The smallest absolute Gasteiger partial charge is 0.410 e. The predicted molar refractivity (Wildman–Crippen MR) is 178 cm³/mol. The van der Waals surface area contributed by atoms with E-state index in [0.717, 1.165) is 45.1 Å². The van der Waals surface area contributed by atoms with Gasteiger partial charge in [-0.15, -0.1) is 0 Å². The lowest BCUT2D eigenvalue weighted by Gasteiger charge is -2.51. The number of anilines is 1. The first-order chi connectivity index (χ1) is 22.9. The molecule has 12 nitrogen and oxygen atoms in total. The van der Waals surface area contributed by atoms with Crippen molar-refractivity contribution in [3.8, 4) is 5.88 Å². The molecule has 3 saturated heterocycles. The highest BCUT2D eigenvalue weighted by atomic mass is 35.5. The summed E-state index contributed by atoms with van der Waals surface area (Å²) in [6.07, 6.45) is 8.34. The first-order valence-electron chi connectivity index (χ1n) is 17.9. The van der Waals surface area contributed by atoms with Crippen LogP contribution in [-0.4, -0.2) is 113 Å². The van der Waals surface area contributed by atoms with Gasteiger partial charge in [0.05, 0.1) is 30.1 Å². The number of nitrogens with zero attached hydrogens (tertiary/aromatic N) is 5. The zero-order chi connectivity index (χ0) is 33.9. The Morgan fingerprint density at radius 3 is 2.38 bits per heavy atom. The minimum Gasteiger partial charge on any atom is -0.475 e. The third-order valence-corrected chi connectivity index (χ3v) is 11.9. The lowest BCUT2D eigenvalue weighted by Crippen LogP contribution is -2.60. The van der Waals surface area contributed by atoms with E-state index in [-0.39, 0.29) is 34.6 Å². The summed E-state index contributed by atoms with van der Waals surface area (Å²) in [5.74, 6) is -1.89. The molecular weight excluding hydrogens is 638 g/mol. The van der Waals surface area contributed by atoms with Gasteiger partial charge in [0.1, 0.15) is 17.2 Å². The minimum absolute atomic E-state index is 0.0582. The Balaban J connectivity index is 1.19. The van der Waals surface area contributed by atoms with Gasteiger partial charge in [-0.3, -0.25) is 14.5 Å². The maximum Gasteiger partial charge on any atom is 0.410 e. The first kappa shape index (κ1) is 33.9. The van der Waals surface area contributed by atoms with Crippen molar-refractivity contribution in [2.45, 2.75) is 114 Å². The van der Waals surface area contributed by atoms with Crippen LogP contribution in [0, 0.1) is 11.3 Å². The predicted octanol–water partition coefficient (Wildman–Crippen LogP) is 5.05. The molecule has 6 fully saturated rings. The zero-order valence-electron chi connectivity index (χ0n) is 28.9. The van der Waals surface area contributed by atoms with Crippen LogP contribution >= 0.6 is 11.6 Å². The van der Waals surface area contributed by atoms with Gasteiger partial charge in [-0.1, -0.05) is 24.4 Å². The van der Waals surface area contributed by atoms with Crippen LogP contribution in [0.1, 0.15) is 102 Å². The third kappa shape index (κ3) is 5.98. The molecular formula is C35H50ClN5O7. The number of carbonyl (C=O) groups is 3. The van der Waals surface area contributed by atoms with Crippen LogP contribution in [0.4, 0.5) is 10.6 Å². The number of rotatable bonds is 6. The lowest BCUT2D eigenvalue weighted by atomic mass is 9.57. The molecule has 1 aromatic rings. The number of carbonyl (C=O) groups excluding carboxylic acids is 3. The van der Waals surface area contributed by atoms with E-state index in [0.29, 0.717) is 77.4 Å². The van der Waals surface area contributed by atoms with Gasteiger partial charge < -0.3 is 28.7 Å². The topological polar surface area (TPSA) is 124 Å². The molecule has 0 N–H and O–H groups in total. The van der Waals surface area contributed by atoms with Gasteiger partial charge in [-0.2, -0.15) is 4.98 Å². The molecule has 0 radical (unpaired) electrons. The zero-order valence-corrected chi connectivity index (χ0v) is 29.6. The molecule has 264 valence electrons. The number of halogens is 1. The second kappa shape index (κ2) is 12.7. The molecule has 48 heavy (non-hydrogen) atoms. The van der Waals surface area contributed by atoms with Crippen LogP contribution in [0.5, 0.6) is 5.88 Å². The Morgan fingerprint density at radius 2 is 1.69 bits per heavy atom. The average Bonchev–Trinajstić information content (AvgIpc) is 3.41. The van der Waals surface area contributed by atoms with Gasteiger partial charge in [0.15, 0.2) is 17.4 Å². The number of fused-ring (bicyclic) bond motifs is 1. The van der Waals surface area contributed by atoms with E-state index in [2.05, 4.69) is 16.9 Å². The van der Waals surface area contributed by atoms with Crippen LogP contribution in [0.25, 0.3) is 0 Å². The quantitative estimate of drug-likeness (QED) is 0.295. The van der Waals surface area contributed by atoms with E-state index in [1.165, 1.54) is 0 Å². The van der Waals surface area contributed by atoms with Crippen LogP contribution in [-0.2, 0) is 19.0 Å². The van der Waals surface area contributed by atoms with Crippen molar-refractivity contribution in [2.75, 3.05) is 57.9 Å². The number of hydrogen-bond acceptors (Lipinski definition) is 11. The van der Waals surface area contributed by atoms with Gasteiger partial charge in [-0.05, 0) is 85.7 Å². The number of ether oxygens (including phenoxy) is 4. The van der Waals surface area contributed by atoms with Crippen molar-refractivity contribution in [1.82, 2.24) is 19.8 Å². The second-order valence-corrected chi connectivity index (χ2v) is 16.1. The molecule has 1 aromatic heterocycles. The van der Waals surface area contributed by atoms with Gasteiger partial charge in [0.25, 0.3) is 0 Å². The van der Waals surface area contributed by atoms with Crippen LogP contribution < -0.4 is 9.64 Å². The van der Waals surface area contributed by atoms with E-state index >= 15 is 0 Å². The summed E-state index contributed by atoms with van der Waals surface area (Å²) < 4.78 is 24.4. The molecule has 4 heterocycles. The molecule has 3 spiro atoms. The summed E-state index contributed by atoms with van der Waals surface area (Å²) in [6.45, 7) is 9.23. The van der Waals surface area contributed by atoms with E-state index in [1.54, 1.807) is 0 Å². The standard InChI is InChI=1S/C35H50ClN5O7/c1-32(2,3)48-31(44)41-18-17-40(22-33(41)14-15-33)29-25(36)30(45-21-23-9-8-16-39(23)4)38-28(37-29)26(42)24-10-7-12-34(27(24)43)11-5-6-13-35(34)46-19-20-47-35/h23-24H,5-22H2,1-4H3/t23-,24?,34-/m0/s1. The largest absolute Gasteiger partial charge is 0.475 e.